The van der Waals surface area contributed by atoms with Crippen molar-refractivity contribution in [2.45, 2.75) is 45.3 Å². The number of benzene rings is 1. The van der Waals surface area contributed by atoms with Crippen molar-refractivity contribution in [2.24, 2.45) is 11.8 Å². The molecule has 1 fully saturated rings. The zero-order chi connectivity index (χ0) is 14.9. The molecule has 20 heavy (non-hydrogen) atoms. The van der Waals surface area contributed by atoms with Crippen molar-refractivity contribution in [1.29, 1.82) is 0 Å². The van der Waals surface area contributed by atoms with Gasteiger partial charge in [0.25, 0.3) is 0 Å². The summed E-state index contributed by atoms with van der Waals surface area (Å²) in [5.74, 6) is 0.979. The lowest BCUT2D eigenvalue weighted by molar-refractivity contribution is -0.137. The van der Waals surface area contributed by atoms with Gasteiger partial charge in [-0.2, -0.15) is 13.2 Å². The van der Waals surface area contributed by atoms with E-state index in [1.165, 1.54) is 12.1 Å². The first-order chi connectivity index (χ1) is 9.29. The first kappa shape index (κ1) is 15.5. The molecule has 1 N–H and O–H groups in total. The number of hydrogen-bond acceptors (Lipinski definition) is 1. The molecule has 5 heteroatoms. The summed E-state index contributed by atoms with van der Waals surface area (Å²) in [5, 5.41) is 3.17. The standard InChI is InChI=1S/C15H19ClF3N/c1-9-6-7-13(10(2)8-9)20-14-11(15(17,18)19)4-3-5-12(14)16/h3-5,9-10,13,20H,6-8H2,1-2H3. The number of halogens is 4. The Bertz CT molecular complexity index is 473. The quantitative estimate of drug-likeness (QED) is 0.750. The average molecular weight is 306 g/mol. The molecule has 1 aliphatic carbocycles. The lowest BCUT2D eigenvalue weighted by Crippen LogP contribution is -2.33. The summed E-state index contributed by atoms with van der Waals surface area (Å²) in [6, 6.07) is 3.95. The summed E-state index contributed by atoms with van der Waals surface area (Å²) < 4.78 is 39.1. The molecule has 2 rings (SSSR count). The number of rotatable bonds is 2. The molecule has 0 saturated heterocycles. The monoisotopic (exact) mass is 305 g/mol. The predicted octanol–water partition coefficient (Wildman–Crippen LogP) is 5.60. The van der Waals surface area contributed by atoms with Crippen molar-refractivity contribution in [2.75, 3.05) is 5.32 Å². The normalized spacial score (nSPS) is 27.4. The maximum Gasteiger partial charge on any atom is 0.418 e. The first-order valence-electron chi connectivity index (χ1n) is 6.91. The lowest BCUT2D eigenvalue weighted by atomic mass is 9.79. The van der Waals surface area contributed by atoms with E-state index in [4.69, 9.17) is 11.6 Å². The molecule has 1 aromatic rings. The van der Waals surface area contributed by atoms with Crippen molar-refractivity contribution in [1.82, 2.24) is 0 Å². The zero-order valence-corrected chi connectivity index (χ0v) is 12.4. The first-order valence-corrected chi connectivity index (χ1v) is 7.29. The van der Waals surface area contributed by atoms with Gasteiger partial charge in [0, 0.05) is 6.04 Å². The van der Waals surface area contributed by atoms with E-state index in [2.05, 4.69) is 19.2 Å². The van der Waals surface area contributed by atoms with Crippen molar-refractivity contribution >= 4 is 17.3 Å². The Labute approximate surface area is 122 Å². The molecule has 3 unspecified atom stereocenters. The Morgan fingerprint density at radius 2 is 1.90 bits per heavy atom. The SMILES string of the molecule is CC1CCC(Nc2c(Cl)cccc2C(F)(F)F)C(C)C1. The fraction of sp³-hybridized carbons (Fsp3) is 0.600. The Kier molecular flexibility index (Phi) is 4.52. The van der Waals surface area contributed by atoms with Crippen LogP contribution >= 0.6 is 11.6 Å². The largest absolute Gasteiger partial charge is 0.418 e. The molecule has 0 aromatic heterocycles. The molecular weight excluding hydrogens is 287 g/mol. The van der Waals surface area contributed by atoms with Gasteiger partial charge >= 0.3 is 6.18 Å². The van der Waals surface area contributed by atoms with E-state index in [1.54, 1.807) is 0 Å². The Morgan fingerprint density at radius 1 is 1.20 bits per heavy atom. The number of hydrogen-bond donors (Lipinski definition) is 1. The highest BCUT2D eigenvalue weighted by atomic mass is 35.5. The van der Waals surface area contributed by atoms with Crippen LogP contribution in [0.1, 0.15) is 38.7 Å². The van der Waals surface area contributed by atoms with E-state index in [0.29, 0.717) is 11.8 Å². The third-order valence-electron chi connectivity index (χ3n) is 4.08. The molecular formula is C15H19ClF3N. The van der Waals surface area contributed by atoms with E-state index >= 15 is 0 Å². The van der Waals surface area contributed by atoms with Gasteiger partial charge < -0.3 is 5.32 Å². The summed E-state index contributed by atoms with van der Waals surface area (Å²) in [6.07, 6.45) is -1.44. The third kappa shape index (κ3) is 3.40. The van der Waals surface area contributed by atoms with Gasteiger partial charge in [0.05, 0.1) is 16.3 Å². The maximum atomic E-state index is 13.0. The summed E-state index contributed by atoms with van der Waals surface area (Å²) in [7, 11) is 0. The molecule has 1 aromatic carbocycles. The van der Waals surface area contributed by atoms with Crippen molar-refractivity contribution < 1.29 is 13.2 Å². The molecule has 0 heterocycles. The summed E-state index contributed by atoms with van der Waals surface area (Å²) in [6.45, 7) is 4.26. The zero-order valence-electron chi connectivity index (χ0n) is 11.6. The molecule has 1 saturated carbocycles. The molecule has 1 nitrogen and oxygen atoms in total. The highest BCUT2D eigenvalue weighted by Gasteiger charge is 2.35. The van der Waals surface area contributed by atoms with E-state index in [9.17, 15) is 13.2 Å². The third-order valence-corrected chi connectivity index (χ3v) is 4.40. The number of nitrogens with one attached hydrogen (secondary N) is 1. The highest BCUT2D eigenvalue weighted by Crippen LogP contribution is 2.40. The Balaban J connectivity index is 2.25. The van der Waals surface area contributed by atoms with Crippen LogP contribution in [0.5, 0.6) is 0 Å². The van der Waals surface area contributed by atoms with Gasteiger partial charge in [-0.1, -0.05) is 31.5 Å². The van der Waals surface area contributed by atoms with Gasteiger partial charge in [-0.25, -0.2) is 0 Å². The van der Waals surface area contributed by atoms with Crippen LogP contribution in [0.3, 0.4) is 0 Å². The van der Waals surface area contributed by atoms with Crippen LogP contribution in [-0.2, 0) is 6.18 Å². The van der Waals surface area contributed by atoms with Gasteiger partial charge in [-0.15, -0.1) is 0 Å². The van der Waals surface area contributed by atoms with Crippen molar-refractivity contribution in [3.05, 3.63) is 28.8 Å². The van der Waals surface area contributed by atoms with E-state index in [0.717, 1.165) is 25.3 Å². The summed E-state index contributed by atoms with van der Waals surface area (Å²) >= 11 is 5.97. The molecule has 0 spiro atoms. The predicted molar refractivity (Wildman–Crippen MR) is 76.0 cm³/mol. The second-order valence-corrected chi connectivity index (χ2v) is 6.21. The summed E-state index contributed by atoms with van der Waals surface area (Å²) in [4.78, 5) is 0. The van der Waals surface area contributed by atoms with Crippen LogP contribution < -0.4 is 5.32 Å². The molecule has 0 bridgehead atoms. The van der Waals surface area contributed by atoms with Crippen LogP contribution in [0.15, 0.2) is 18.2 Å². The van der Waals surface area contributed by atoms with Gasteiger partial charge in [0.1, 0.15) is 0 Å². The smallest absolute Gasteiger partial charge is 0.380 e. The van der Waals surface area contributed by atoms with Crippen LogP contribution in [0.25, 0.3) is 0 Å². The van der Waals surface area contributed by atoms with Gasteiger partial charge in [0.2, 0.25) is 0 Å². The van der Waals surface area contributed by atoms with Crippen molar-refractivity contribution in [3.63, 3.8) is 0 Å². The maximum absolute atomic E-state index is 13.0. The Morgan fingerprint density at radius 3 is 2.50 bits per heavy atom. The molecule has 3 atom stereocenters. The van der Waals surface area contributed by atoms with Gasteiger partial charge in [-0.05, 0) is 43.2 Å². The lowest BCUT2D eigenvalue weighted by Gasteiger charge is -2.34. The fourth-order valence-corrected chi connectivity index (χ4v) is 3.20. The molecule has 112 valence electrons. The van der Waals surface area contributed by atoms with E-state index < -0.39 is 11.7 Å². The van der Waals surface area contributed by atoms with E-state index in [-0.39, 0.29) is 16.8 Å². The van der Waals surface area contributed by atoms with E-state index in [1.807, 2.05) is 0 Å². The highest BCUT2D eigenvalue weighted by molar-refractivity contribution is 6.33. The summed E-state index contributed by atoms with van der Waals surface area (Å²) in [5.41, 5.74) is -0.663. The molecule has 0 aliphatic heterocycles. The fourth-order valence-electron chi connectivity index (χ4n) is 2.97. The molecule has 0 amide bonds. The van der Waals surface area contributed by atoms with Crippen LogP contribution in [0.4, 0.5) is 18.9 Å². The minimum absolute atomic E-state index is 0.0214. The minimum atomic E-state index is -4.39. The second kappa shape index (κ2) is 5.84. The van der Waals surface area contributed by atoms with Crippen molar-refractivity contribution in [3.8, 4) is 0 Å². The van der Waals surface area contributed by atoms with Crippen LogP contribution in [-0.4, -0.2) is 6.04 Å². The number of para-hydroxylation sites is 1. The van der Waals surface area contributed by atoms with Crippen LogP contribution in [0.2, 0.25) is 5.02 Å². The number of alkyl halides is 3. The average Bonchev–Trinajstić information content (AvgIpc) is 2.33. The second-order valence-electron chi connectivity index (χ2n) is 5.81. The minimum Gasteiger partial charge on any atom is -0.380 e. The van der Waals surface area contributed by atoms with Gasteiger partial charge in [-0.3, -0.25) is 0 Å². The van der Waals surface area contributed by atoms with Crippen LogP contribution in [0, 0.1) is 11.8 Å². The molecule has 0 radical (unpaired) electrons. The topological polar surface area (TPSA) is 12.0 Å². The number of anilines is 1. The van der Waals surface area contributed by atoms with Gasteiger partial charge in [0.15, 0.2) is 0 Å². The Hall–Kier alpha value is -0.900. The molecule has 1 aliphatic rings.